The first-order valence-corrected chi connectivity index (χ1v) is 9.12. The molecular weight excluding hydrogens is 388 g/mol. The number of carbonyl (C=O) groups is 2. The van der Waals surface area contributed by atoms with Gasteiger partial charge in [0.05, 0.1) is 36.8 Å². The first-order chi connectivity index (χ1) is 14.4. The van der Waals surface area contributed by atoms with Crippen molar-refractivity contribution in [3.05, 3.63) is 82.9 Å². The van der Waals surface area contributed by atoms with Crippen LogP contribution in [-0.4, -0.2) is 37.1 Å². The molecule has 0 N–H and O–H groups in total. The summed E-state index contributed by atoms with van der Waals surface area (Å²) >= 11 is 0. The van der Waals surface area contributed by atoms with E-state index in [1.165, 1.54) is 18.2 Å². The van der Waals surface area contributed by atoms with Crippen molar-refractivity contribution in [2.75, 3.05) is 19.1 Å². The fraction of sp³-hybridized carbons (Fsp3) is 0.273. The van der Waals surface area contributed by atoms with Crippen LogP contribution in [0.1, 0.15) is 18.0 Å². The van der Waals surface area contributed by atoms with E-state index >= 15 is 0 Å². The molecule has 8 heteroatoms. The molecule has 30 heavy (non-hydrogen) atoms. The molecule has 154 valence electrons. The van der Waals surface area contributed by atoms with Crippen molar-refractivity contribution in [3.63, 3.8) is 0 Å². The first-order valence-electron chi connectivity index (χ1n) is 9.12. The molecule has 2 aromatic carbocycles. The van der Waals surface area contributed by atoms with Gasteiger partial charge in [0.25, 0.3) is 5.69 Å². The van der Waals surface area contributed by atoms with Gasteiger partial charge in [0.2, 0.25) is 0 Å². The number of hydrogen-bond donors (Lipinski definition) is 0. The summed E-state index contributed by atoms with van der Waals surface area (Å²) < 4.78 is 9.97. The highest BCUT2D eigenvalue weighted by atomic mass is 16.6. The van der Waals surface area contributed by atoms with Gasteiger partial charge in [-0.1, -0.05) is 43.0 Å². The Labute approximate surface area is 173 Å². The summed E-state index contributed by atoms with van der Waals surface area (Å²) in [6.07, 6.45) is 2.50. The van der Waals surface area contributed by atoms with Crippen LogP contribution in [-0.2, 0) is 19.1 Å². The molecule has 3 rings (SSSR count). The van der Waals surface area contributed by atoms with Crippen LogP contribution in [0.15, 0.2) is 54.6 Å². The van der Waals surface area contributed by atoms with E-state index in [1.54, 1.807) is 41.3 Å². The lowest BCUT2D eigenvalue weighted by Gasteiger charge is -2.35. The molecule has 0 unspecified atom stereocenters. The highest BCUT2D eigenvalue weighted by Crippen LogP contribution is 2.55. The van der Waals surface area contributed by atoms with E-state index in [1.807, 2.05) is 0 Å². The minimum Gasteiger partial charge on any atom is -0.468 e. The summed E-state index contributed by atoms with van der Waals surface area (Å²) in [5.41, 5.74) is -1.35. The molecule has 0 spiro atoms. The number of nitro groups is 1. The molecule has 0 saturated carbocycles. The second-order valence-corrected chi connectivity index (χ2v) is 6.80. The lowest BCUT2D eigenvalue weighted by molar-refractivity contribution is -0.385. The molecule has 8 nitrogen and oxygen atoms in total. The van der Waals surface area contributed by atoms with Gasteiger partial charge < -0.3 is 14.4 Å². The fourth-order valence-corrected chi connectivity index (χ4v) is 4.14. The SMILES string of the molecule is [CH]=[C][C@@H]1CC(C(=O)OC)(C(=O)OC)[C@@H](c2ccccc2[N+](=O)[O-])N1c1ccccc1. The molecule has 1 aliphatic heterocycles. The lowest BCUT2D eigenvalue weighted by Crippen LogP contribution is -2.46. The third-order valence-corrected chi connectivity index (χ3v) is 5.37. The normalized spacial score (nSPS) is 19.7. The van der Waals surface area contributed by atoms with E-state index in [4.69, 9.17) is 16.1 Å². The summed E-state index contributed by atoms with van der Waals surface area (Å²) in [6.45, 7) is 5.77. The number of rotatable bonds is 6. The molecule has 1 heterocycles. The Morgan fingerprint density at radius 1 is 1.10 bits per heavy atom. The van der Waals surface area contributed by atoms with E-state index < -0.39 is 34.4 Å². The van der Waals surface area contributed by atoms with Crippen molar-refractivity contribution >= 4 is 23.3 Å². The number of carbonyl (C=O) groups excluding carboxylic acids is 2. The van der Waals surface area contributed by atoms with Gasteiger partial charge in [-0.25, -0.2) is 0 Å². The third-order valence-electron chi connectivity index (χ3n) is 5.37. The molecular formula is C22H20N2O6. The third kappa shape index (κ3) is 3.20. The number of ether oxygens (including phenoxy) is 2. The van der Waals surface area contributed by atoms with Crippen LogP contribution in [0.5, 0.6) is 0 Å². The van der Waals surface area contributed by atoms with Crippen LogP contribution < -0.4 is 4.90 Å². The summed E-state index contributed by atoms with van der Waals surface area (Å²) in [4.78, 5) is 39.0. The van der Waals surface area contributed by atoms with Crippen LogP contribution in [0.2, 0.25) is 0 Å². The zero-order chi connectivity index (χ0) is 21.9. The lowest BCUT2D eigenvalue weighted by atomic mass is 9.75. The van der Waals surface area contributed by atoms with Gasteiger partial charge in [0.15, 0.2) is 5.41 Å². The van der Waals surface area contributed by atoms with Crippen LogP contribution in [0.4, 0.5) is 11.4 Å². The van der Waals surface area contributed by atoms with E-state index in [0.717, 1.165) is 14.2 Å². The number of benzene rings is 2. The summed E-state index contributed by atoms with van der Waals surface area (Å²) in [7, 11) is 2.30. The number of esters is 2. The van der Waals surface area contributed by atoms with Gasteiger partial charge in [-0.05, 0) is 18.2 Å². The molecule has 1 aliphatic rings. The zero-order valence-corrected chi connectivity index (χ0v) is 16.5. The molecule has 2 radical (unpaired) electrons. The Hall–Kier alpha value is -3.68. The Morgan fingerprint density at radius 2 is 1.67 bits per heavy atom. The van der Waals surface area contributed by atoms with E-state index in [2.05, 4.69) is 6.08 Å². The van der Waals surface area contributed by atoms with Crippen molar-refractivity contribution in [3.8, 4) is 0 Å². The zero-order valence-electron chi connectivity index (χ0n) is 16.5. The van der Waals surface area contributed by atoms with Gasteiger partial charge in [0, 0.05) is 18.2 Å². The molecule has 0 aliphatic carbocycles. The van der Waals surface area contributed by atoms with E-state index in [0.29, 0.717) is 5.69 Å². The molecule has 0 bridgehead atoms. The maximum Gasteiger partial charge on any atom is 0.325 e. The Bertz CT molecular complexity index is 959. The number of methoxy groups -OCH3 is 2. The quantitative estimate of drug-likeness (QED) is 0.313. The van der Waals surface area contributed by atoms with E-state index in [-0.39, 0.29) is 17.7 Å². The maximum atomic E-state index is 13.1. The standard InChI is InChI=1S/C22H20N2O6/c1-4-15-14-22(20(25)29-2,21(26)30-3)19(23(15)16-10-6-5-7-11-16)17-12-8-9-13-18(17)24(27)28/h1,5-13,15,19H,14H2,2-3H3/t15-,19-/m1/s1. The largest absolute Gasteiger partial charge is 0.468 e. The van der Waals surface area contributed by atoms with Gasteiger partial charge in [-0.3, -0.25) is 19.7 Å². The topological polar surface area (TPSA) is 99.0 Å². The molecule has 0 amide bonds. The van der Waals surface area contributed by atoms with Crippen molar-refractivity contribution < 1.29 is 24.0 Å². The minimum absolute atomic E-state index is 0.117. The summed E-state index contributed by atoms with van der Waals surface area (Å²) in [6, 6.07) is 13.0. The minimum atomic E-state index is -1.89. The fourth-order valence-electron chi connectivity index (χ4n) is 4.14. The van der Waals surface area contributed by atoms with Crippen LogP contribution in [0.25, 0.3) is 0 Å². The predicted octanol–water partition coefficient (Wildman–Crippen LogP) is 3.04. The highest BCUT2D eigenvalue weighted by Gasteiger charge is 2.64. The van der Waals surface area contributed by atoms with Crippen molar-refractivity contribution in [1.82, 2.24) is 0 Å². The van der Waals surface area contributed by atoms with Gasteiger partial charge in [-0.2, -0.15) is 0 Å². The van der Waals surface area contributed by atoms with Gasteiger partial charge in [0.1, 0.15) is 0 Å². The number of anilines is 1. The highest BCUT2D eigenvalue weighted by molar-refractivity contribution is 6.03. The number of para-hydroxylation sites is 2. The van der Waals surface area contributed by atoms with E-state index in [9.17, 15) is 19.7 Å². The first kappa shape index (κ1) is 21.0. The molecule has 2 atom stereocenters. The second kappa shape index (κ2) is 8.36. The number of hydrogen-bond acceptors (Lipinski definition) is 7. The summed E-state index contributed by atoms with van der Waals surface area (Å²) in [5, 5.41) is 11.8. The second-order valence-electron chi connectivity index (χ2n) is 6.80. The Balaban J connectivity index is 2.38. The van der Waals surface area contributed by atoms with Crippen molar-refractivity contribution in [1.29, 1.82) is 0 Å². The summed E-state index contributed by atoms with van der Waals surface area (Å²) in [5.74, 6) is -1.73. The predicted molar refractivity (Wildman–Crippen MR) is 107 cm³/mol. The average Bonchev–Trinajstić information content (AvgIpc) is 3.14. The van der Waals surface area contributed by atoms with Crippen LogP contribution >= 0.6 is 0 Å². The Kier molecular flexibility index (Phi) is 5.86. The molecule has 1 saturated heterocycles. The average molecular weight is 408 g/mol. The monoisotopic (exact) mass is 408 g/mol. The number of nitro benzene ring substituents is 1. The Morgan fingerprint density at radius 3 is 2.20 bits per heavy atom. The maximum absolute atomic E-state index is 13.1. The molecule has 1 fully saturated rings. The van der Waals surface area contributed by atoms with Crippen molar-refractivity contribution in [2.24, 2.45) is 5.41 Å². The van der Waals surface area contributed by atoms with Gasteiger partial charge >= 0.3 is 11.9 Å². The molecule has 2 aromatic rings. The van der Waals surface area contributed by atoms with Crippen LogP contribution in [0, 0.1) is 28.2 Å². The molecule has 0 aromatic heterocycles. The number of nitrogens with zero attached hydrogens (tertiary/aromatic N) is 2. The van der Waals surface area contributed by atoms with Gasteiger partial charge in [-0.15, -0.1) is 0 Å². The van der Waals surface area contributed by atoms with Crippen molar-refractivity contribution in [2.45, 2.75) is 18.5 Å². The smallest absolute Gasteiger partial charge is 0.325 e. The van der Waals surface area contributed by atoms with Crippen LogP contribution in [0.3, 0.4) is 0 Å².